The third-order valence-electron chi connectivity index (χ3n) is 9.76. The lowest BCUT2D eigenvalue weighted by Crippen LogP contribution is -2.55. The third-order valence-corrected chi connectivity index (χ3v) is 9.76. The SMILES string of the molecule is CC1=C(C)C(=O)[C@@]2(C)[C@@H](c3ccc(O)cc3)C3=CC[C@@H]4C(=O)N(CCCCCC(=O)O)C(=O)[C@@H]4[C@@H]3C[C@H]2C1=O. The summed E-state index contributed by atoms with van der Waals surface area (Å²) in [7, 11) is 0. The maximum atomic E-state index is 13.9. The molecular weight excluding hydrogens is 498 g/mol. The van der Waals surface area contributed by atoms with E-state index in [1.54, 1.807) is 38.1 Å². The summed E-state index contributed by atoms with van der Waals surface area (Å²) in [6.07, 6.45) is 4.44. The van der Waals surface area contributed by atoms with Crippen molar-refractivity contribution in [2.45, 2.75) is 65.2 Å². The molecule has 2 fully saturated rings. The minimum Gasteiger partial charge on any atom is -0.508 e. The number of carbonyl (C=O) groups excluding carboxylic acids is 4. The van der Waals surface area contributed by atoms with E-state index in [4.69, 9.17) is 5.11 Å². The molecular formula is C31H35NO7. The molecule has 206 valence electrons. The number of hydrogen-bond acceptors (Lipinski definition) is 6. The summed E-state index contributed by atoms with van der Waals surface area (Å²) in [5, 5.41) is 18.8. The third kappa shape index (κ3) is 4.15. The van der Waals surface area contributed by atoms with Crippen molar-refractivity contribution in [1.82, 2.24) is 4.90 Å². The van der Waals surface area contributed by atoms with Crippen LogP contribution in [0.25, 0.3) is 0 Å². The van der Waals surface area contributed by atoms with Gasteiger partial charge in [0.25, 0.3) is 0 Å². The molecule has 6 atom stereocenters. The highest BCUT2D eigenvalue weighted by molar-refractivity contribution is 6.16. The average molecular weight is 534 g/mol. The number of unbranched alkanes of at least 4 members (excludes halogenated alkanes) is 2. The first-order valence-electron chi connectivity index (χ1n) is 13.8. The van der Waals surface area contributed by atoms with Gasteiger partial charge in [-0.1, -0.05) is 37.1 Å². The van der Waals surface area contributed by atoms with E-state index in [1.807, 2.05) is 13.0 Å². The fraction of sp³-hybridized carbons (Fsp3) is 0.516. The predicted octanol–water partition coefficient (Wildman–Crippen LogP) is 4.18. The van der Waals surface area contributed by atoms with Gasteiger partial charge in [0, 0.05) is 24.8 Å². The molecule has 8 heteroatoms. The molecule has 8 nitrogen and oxygen atoms in total. The summed E-state index contributed by atoms with van der Waals surface area (Å²) in [6.45, 7) is 5.51. The number of amides is 2. The highest BCUT2D eigenvalue weighted by atomic mass is 16.4. The number of carbonyl (C=O) groups is 5. The molecule has 3 aliphatic carbocycles. The van der Waals surface area contributed by atoms with Crippen molar-refractivity contribution in [1.29, 1.82) is 0 Å². The highest BCUT2D eigenvalue weighted by Gasteiger charge is 2.63. The van der Waals surface area contributed by atoms with Gasteiger partial charge in [0.2, 0.25) is 11.8 Å². The average Bonchev–Trinajstić information content (AvgIpc) is 3.15. The van der Waals surface area contributed by atoms with Crippen molar-refractivity contribution in [2.75, 3.05) is 6.54 Å². The Balaban J connectivity index is 1.51. The van der Waals surface area contributed by atoms with Gasteiger partial charge < -0.3 is 10.2 Å². The number of Topliss-reactive ketones (excluding diaryl/α,β-unsaturated/α-hetero) is 2. The number of imide groups is 1. The summed E-state index contributed by atoms with van der Waals surface area (Å²) >= 11 is 0. The quantitative estimate of drug-likeness (QED) is 0.306. The molecule has 0 aromatic heterocycles. The number of likely N-dealkylation sites (tertiary alicyclic amines) is 1. The van der Waals surface area contributed by atoms with E-state index in [-0.39, 0.29) is 48.0 Å². The van der Waals surface area contributed by atoms with Crippen LogP contribution < -0.4 is 0 Å². The van der Waals surface area contributed by atoms with Gasteiger partial charge in [-0.05, 0) is 74.3 Å². The minimum absolute atomic E-state index is 0.0569. The van der Waals surface area contributed by atoms with Gasteiger partial charge in [0.15, 0.2) is 11.6 Å². The number of nitrogens with zero attached hydrogens (tertiary/aromatic N) is 1. The molecule has 0 spiro atoms. The maximum Gasteiger partial charge on any atom is 0.303 e. The molecule has 1 aromatic carbocycles. The number of allylic oxidation sites excluding steroid dienone is 4. The molecule has 0 radical (unpaired) electrons. The molecule has 1 heterocycles. The second-order valence-corrected chi connectivity index (χ2v) is 11.8. The Kier molecular flexibility index (Phi) is 6.85. The van der Waals surface area contributed by atoms with Crippen molar-refractivity contribution in [2.24, 2.45) is 29.1 Å². The van der Waals surface area contributed by atoms with Crippen LogP contribution in [0.3, 0.4) is 0 Å². The number of aromatic hydroxyl groups is 1. The van der Waals surface area contributed by atoms with E-state index < -0.39 is 35.1 Å². The van der Waals surface area contributed by atoms with Crippen LogP contribution in [0.15, 0.2) is 47.1 Å². The Labute approximate surface area is 227 Å². The van der Waals surface area contributed by atoms with Crippen LogP contribution in [-0.2, 0) is 24.0 Å². The van der Waals surface area contributed by atoms with Crippen LogP contribution in [-0.4, -0.2) is 51.0 Å². The van der Waals surface area contributed by atoms with Crippen molar-refractivity contribution in [3.05, 3.63) is 52.6 Å². The van der Waals surface area contributed by atoms with Gasteiger partial charge in [-0.25, -0.2) is 0 Å². The normalized spacial score (nSPS) is 32.1. The Morgan fingerprint density at radius 3 is 2.33 bits per heavy atom. The largest absolute Gasteiger partial charge is 0.508 e. The Hall–Kier alpha value is -3.55. The molecule has 0 unspecified atom stereocenters. The molecule has 0 bridgehead atoms. The number of carboxylic acid groups (broad SMARTS) is 1. The molecule has 1 saturated carbocycles. The predicted molar refractivity (Wildman–Crippen MR) is 141 cm³/mol. The summed E-state index contributed by atoms with van der Waals surface area (Å²) in [4.78, 5) is 66.9. The number of phenols is 1. The number of fused-ring (bicyclic) bond motifs is 4. The van der Waals surface area contributed by atoms with Crippen molar-refractivity contribution in [3.8, 4) is 5.75 Å². The van der Waals surface area contributed by atoms with Crippen LogP contribution in [0.1, 0.15) is 70.8 Å². The lowest BCUT2D eigenvalue weighted by atomic mass is 9.46. The molecule has 5 rings (SSSR count). The van der Waals surface area contributed by atoms with Crippen molar-refractivity contribution in [3.63, 3.8) is 0 Å². The topological polar surface area (TPSA) is 129 Å². The summed E-state index contributed by atoms with van der Waals surface area (Å²) in [5.74, 6) is -3.87. The van der Waals surface area contributed by atoms with Gasteiger partial charge >= 0.3 is 5.97 Å². The van der Waals surface area contributed by atoms with Gasteiger partial charge in [-0.15, -0.1) is 0 Å². The van der Waals surface area contributed by atoms with Crippen molar-refractivity contribution >= 4 is 29.4 Å². The second-order valence-electron chi connectivity index (χ2n) is 11.8. The zero-order valence-electron chi connectivity index (χ0n) is 22.6. The van der Waals surface area contributed by atoms with E-state index in [2.05, 4.69) is 0 Å². The Morgan fingerprint density at radius 2 is 1.67 bits per heavy atom. The van der Waals surface area contributed by atoms with E-state index in [1.165, 1.54) is 4.90 Å². The molecule has 2 amide bonds. The minimum atomic E-state index is -1.04. The first kappa shape index (κ1) is 27.0. The summed E-state index contributed by atoms with van der Waals surface area (Å²) in [6, 6.07) is 6.70. The number of ketones is 2. The first-order valence-corrected chi connectivity index (χ1v) is 13.8. The van der Waals surface area contributed by atoms with Crippen LogP contribution in [0.2, 0.25) is 0 Å². The number of carboxylic acids is 1. The molecule has 39 heavy (non-hydrogen) atoms. The highest BCUT2D eigenvalue weighted by Crippen LogP contribution is 2.63. The maximum absolute atomic E-state index is 13.9. The number of rotatable bonds is 7. The monoisotopic (exact) mass is 533 g/mol. The van der Waals surface area contributed by atoms with E-state index in [0.29, 0.717) is 43.3 Å². The summed E-state index contributed by atoms with van der Waals surface area (Å²) < 4.78 is 0. The van der Waals surface area contributed by atoms with Crippen LogP contribution in [0.4, 0.5) is 0 Å². The Morgan fingerprint density at radius 1 is 0.974 bits per heavy atom. The summed E-state index contributed by atoms with van der Waals surface area (Å²) in [5.41, 5.74) is 1.62. The van der Waals surface area contributed by atoms with Gasteiger partial charge in [0.05, 0.1) is 17.3 Å². The zero-order valence-corrected chi connectivity index (χ0v) is 22.6. The van der Waals surface area contributed by atoms with E-state index in [0.717, 1.165) is 11.1 Å². The van der Waals surface area contributed by atoms with Gasteiger partial charge in [0.1, 0.15) is 5.75 Å². The molecule has 1 aromatic rings. The molecule has 1 saturated heterocycles. The van der Waals surface area contributed by atoms with Gasteiger partial charge in [-0.2, -0.15) is 0 Å². The molecule has 2 N–H and O–H groups in total. The van der Waals surface area contributed by atoms with Gasteiger partial charge in [-0.3, -0.25) is 28.9 Å². The lowest BCUT2D eigenvalue weighted by Gasteiger charge is -2.54. The smallest absolute Gasteiger partial charge is 0.303 e. The van der Waals surface area contributed by atoms with Crippen molar-refractivity contribution < 1.29 is 34.2 Å². The van der Waals surface area contributed by atoms with Crippen LogP contribution >= 0.6 is 0 Å². The number of hydrogen-bond donors (Lipinski definition) is 2. The van der Waals surface area contributed by atoms with Crippen LogP contribution in [0, 0.1) is 29.1 Å². The first-order chi connectivity index (χ1) is 18.5. The number of phenolic OH excluding ortho intramolecular Hbond substituents is 1. The molecule has 4 aliphatic rings. The Bertz CT molecular complexity index is 1320. The fourth-order valence-corrected chi connectivity index (χ4v) is 7.63. The second kappa shape index (κ2) is 9.88. The standard InChI is InChI=1S/C31H35NO7/c1-16-17(2)28(37)31(3)23(27(16)36)15-22-20(26(31)18-8-10-19(33)11-9-18)12-13-21-25(22)30(39)32(29(21)38)14-6-4-5-7-24(34)35/h8-12,21-23,25-26,33H,4-7,13-15H2,1-3H3,(H,34,35)/t21-,22+,23-,25-,26-,31+/m0/s1. The fourth-order valence-electron chi connectivity index (χ4n) is 7.63. The van der Waals surface area contributed by atoms with E-state index >= 15 is 0 Å². The van der Waals surface area contributed by atoms with Crippen LogP contribution in [0.5, 0.6) is 5.75 Å². The molecule has 1 aliphatic heterocycles. The number of benzene rings is 1. The lowest BCUT2D eigenvalue weighted by molar-refractivity contribution is -0.143. The zero-order chi connectivity index (χ0) is 28.2. The van der Waals surface area contributed by atoms with E-state index in [9.17, 15) is 29.1 Å². The number of aliphatic carboxylic acids is 1.